The molecule has 5 nitrogen and oxygen atoms in total. The van der Waals surface area contributed by atoms with E-state index in [2.05, 4.69) is 21.7 Å². The van der Waals surface area contributed by atoms with E-state index in [0.717, 1.165) is 42.4 Å². The second kappa shape index (κ2) is 7.17. The molecule has 0 spiro atoms. The molecule has 1 aliphatic rings. The van der Waals surface area contributed by atoms with E-state index in [1.54, 1.807) is 16.7 Å². The maximum atomic E-state index is 12.8. The smallest absolute Gasteiger partial charge is 0.236 e. The maximum Gasteiger partial charge on any atom is 0.236 e. The van der Waals surface area contributed by atoms with Gasteiger partial charge >= 0.3 is 0 Å². The Morgan fingerprint density at radius 3 is 2.87 bits per heavy atom. The predicted octanol–water partition coefficient (Wildman–Crippen LogP) is 2.75. The summed E-state index contributed by atoms with van der Waals surface area (Å²) < 4.78 is 2.15. The molecular formula is C17H22N4OS. The number of aromatic nitrogens is 3. The van der Waals surface area contributed by atoms with Gasteiger partial charge in [0.15, 0.2) is 5.82 Å². The summed E-state index contributed by atoms with van der Waals surface area (Å²) in [6.07, 6.45) is 2.92. The first-order valence-corrected chi connectivity index (χ1v) is 8.94. The minimum absolute atomic E-state index is 0.0663. The van der Waals surface area contributed by atoms with E-state index in [9.17, 15) is 4.79 Å². The third-order valence-corrected chi connectivity index (χ3v) is 5.47. The number of carbonyl (C=O) groups is 1. The molecule has 0 saturated carbocycles. The minimum atomic E-state index is -0.0663. The van der Waals surface area contributed by atoms with Crippen molar-refractivity contribution in [3.05, 3.63) is 42.0 Å². The van der Waals surface area contributed by atoms with Gasteiger partial charge in [0.25, 0.3) is 0 Å². The fraction of sp³-hybridized carbons (Fsp3) is 0.471. The quantitative estimate of drug-likeness (QED) is 0.764. The van der Waals surface area contributed by atoms with Gasteiger partial charge in [-0.05, 0) is 25.0 Å². The third-order valence-electron chi connectivity index (χ3n) is 4.11. The highest BCUT2D eigenvalue weighted by Crippen LogP contribution is 2.26. The van der Waals surface area contributed by atoms with Gasteiger partial charge in [0.2, 0.25) is 5.91 Å². The summed E-state index contributed by atoms with van der Waals surface area (Å²) in [6, 6.07) is 10.1. The molecule has 122 valence electrons. The van der Waals surface area contributed by atoms with E-state index >= 15 is 0 Å². The molecule has 2 aromatic rings. The maximum absolute atomic E-state index is 12.8. The lowest BCUT2D eigenvalue weighted by molar-refractivity contribution is -0.130. The Hall–Kier alpha value is -1.82. The highest BCUT2D eigenvalue weighted by molar-refractivity contribution is 8.00. The van der Waals surface area contributed by atoms with Gasteiger partial charge in [-0.25, -0.2) is 0 Å². The van der Waals surface area contributed by atoms with Crippen LogP contribution in [0.25, 0.3) is 0 Å². The molecule has 3 rings (SSSR count). The molecule has 0 saturated heterocycles. The van der Waals surface area contributed by atoms with Crippen LogP contribution in [0.5, 0.6) is 0 Å². The number of hydrogen-bond donors (Lipinski definition) is 0. The SMILES string of the molecule is CC[C@H](Sc1ccccc1)C(=O)N(C)Cc1nnc2n1CCC2. The Kier molecular flexibility index (Phi) is 5.00. The van der Waals surface area contributed by atoms with E-state index < -0.39 is 0 Å². The molecule has 23 heavy (non-hydrogen) atoms. The highest BCUT2D eigenvalue weighted by Gasteiger charge is 2.24. The van der Waals surface area contributed by atoms with Crippen LogP contribution in [0.3, 0.4) is 0 Å². The third kappa shape index (κ3) is 3.58. The lowest BCUT2D eigenvalue weighted by atomic mass is 10.3. The minimum Gasteiger partial charge on any atom is -0.337 e. The summed E-state index contributed by atoms with van der Waals surface area (Å²) in [5.74, 6) is 2.09. The predicted molar refractivity (Wildman–Crippen MR) is 91.2 cm³/mol. The Balaban J connectivity index is 1.65. The van der Waals surface area contributed by atoms with Gasteiger partial charge in [0.05, 0.1) is 11.8 Å². The van der Waals surface area contributed by atoms with Crippen LogP contribution in [-0.4, -0.2) is 37.9 Å². The van der Waals surface area contributed by atoms with Gasteiger partial charge in [-0.3, -0.25) is 4.79 Å². The van der Waals surface area contributed by atoms with Crippen LogP contribution in [0.2, 0.25) is 0 Å². The summed E-state index contributed by atoms with van der Waals surface area (Å²) in [5, 5.41) is 8.39. The van der Waals surface area contributed by atoms with Crippen LogP contribution in [0.1, 0.15) is 31.4 Å². The summed E-state index contributed by atoms with van der Waals surface area (Å²) >= 11 is 1.63. The summed E-state index contributed by atoms with van der Waals surface area (Å²) in [7, 11) is 1.85. The Morgan fingerprint density at radius 2 is 2.13 bits per heavy atom. The molecule has 6 heteroatoms. The molecule has 0 fully saturated rings. The molecular weight excluding hydrogens is 308 g/mol. The number of thioether (sulfide) groups is 1. The van der Waals surface area contributed by atoms with Crippen LogP contribution in [0.15, 0.2) is 35.2 Å². The first-order chi connectivity index (χ1) is 11.2. The van der Waals surface area contributed by atoms with Crippen LogP contribution in [0.4, 0.5) is 0 Å². The van der Waals surface area contributed by atoms with Crippen molar-refractivity contribution < 1.29 is 4.79 Å². The van der Waals surface area contributed by atoms with Gasteiger partial charge in [0.1, 0.15) is 5.82 Å². The average Bonchev–Trinajstić information content (AvgIpc) is 3.18. The zero-order chi connectivity index (χ0) is 16.2. The van der Waals surface area contributed by atoms with E-state index in [1.165, 1.54) is 0 Å². The number of rotatable bonds is 6. The van der Waals surface area contributed by atoms with Crippen molar-refractivity contribution in [2.45, 2.75) is 49.4 Å². The van der Waals surface area contributed by atoms with Gasteiger partial charge < -0.3 is 9.47 Å². The molecule has 1 amide bonds. The number of benzene rings is 1. The molecule has 1 aromatic heterocycles. The van der Waals surface area contributed by atoms with Crippen molar-refractivity contribution in [2.75, 3.05) is 7.05 Å². The van der Waals surface area contributed by atoms with Crippen molar-refractivity contribution in [3.63, 3.8) is 0 Å². The van der Waals surface area contributed by atoms with Gasteiger partial charge in [0, 0.05) is 24.9 Å². The Labute approximate surface area is 141 Å². The average molecular weight is 330 g/mol. The van der Waals surface area contributed by atoms with E-state index in [4.69, 9.17) is 0 Å². The second-order valence-corrected chi connectivity index (χ2v) is 7.09. The molecule has 1 aromatic carbocycles. The van der Waals surface area contributed by atoms with Gasteiger partial charge in [-0.15, -0.1) is 22.0 Å². The van der Waals surface area contributed by atoms with Crippen molar-refractivity contribution in [3.8, 4) is 0 Å². The van der Waals surface area contributed by atoms with Gasteiger partial charge in [-0.2, -0.15) is 0 Å². The number of carbonyl (C=O) groups excluding carboxylic acids is 1. The van der Waals surface area contributed by atoms with E-state index in [1.807, 2.05) is 37.4 Å². The number of hydrogen-bond acceptors (Lipinski definition) is 4. The van der Waals surface area contributed by atoms with Crippen molar-refractivity contribution in [1.29, 1.82) is 0 Å². The second-order valence-electron chi connectivity index (χ2n) is 5.81. The van der Waals surface area contributed by atoms with Gasteiger partial charge in [-0.1, -0.05) is 25.1 Å². The fourth-order valence-electron chi connectivity index (χ4n) is 2.84. The zero-order valence-electron chi connectivity index (χ0n) is 13.6. The number of aryl methyl sites for hydroxylation is 1. The number of nitrogens with zero attached hydrogens (tertiary/aromatic N) is 4. The molecule has 0 aliphatic carbocycles. The normalized spacial score (nSPS) is 14.5. The molecule has 2 heterocycles. The molecule has 0 N–H and O–H groups in total. The van der Waals surface area contributed by atoms with Crippen LogP contribution in [-0.2, 0) is 24.3 Å². The van der Waals surface area contributed by atoms with Crippen LogP contribution >= 0.6 is 11.8 Å². The van der Waals surface area contributed by atoms with Crippen molar-refractivity contribution >= 4 is 17.7 Å². The standard InChI is InChI=1S/C17H22N4OS/c1-3-14(23-13-8-5-4-6-9-13)17(22)20(2)12-16-19-18-15-10-7-11-21(15)16/h4-6,8-9,14H,3,7,10-12H2,1-2H3/t14-/m0/s1. The Bertz CT molecular complexity index is 670. The molecule has 0 radical (unpaired) electrons. The molecule has 0 bridgehead atoms. The number of amides is 1. The zero-order valence-corrected chi connectivity index (χ0v) is 14.4. The monoisotopic (exact) mass is 330 g/mol. The summed E-state index contributed by atoms with van der Waals surface area (Å²) in [6.45, 7) is 3.55. The molecule has 1 aliphatic heterocycles. The highest BCUT2D eigenvalue weighted by atomic mass is 32.2. The topological polar surface area (TPSA) is 51.0 Å². The first kappa shape index (κ1) is 16.1. The number of fused-ring (bicyclic) bond motifs is 1. The molecule has 1 atom stereocenters. The van der Waals surface area contributed by atoms with E-state index in [0.29, 0.717) is 6.54 Å². The first-order valence-electron chi connectivity index (χ1n) is 8.06. The summed E-state index contributed by atoms with van der Waals surface area (Å²) in [5.41, 5.74) is 0. The van der Waals surface area contributed by atoms with Crippen molar-refractivity contribution in [2.24, 2.45) is 0 Å². The lowest BCUT2D eigenvalue weighted by Crippen LogP contribution is -2.34. The molecule has 0 unspecified atom stereocenters. The summed E-state index contributed by atoms with van der Waals surface area (Å²) in [4.78, 5) is 15.7. The Morgan fingerprint density at radius 1 is 1.35 bits per heavy atom. The van der Waals surface area contributed by atoms with Crippen LogP contribution < -0.4 is 0 Å². The lowest BCUT2D eigenvalue weighted by Gasteiger charge is -2.22. The largest absolute Gasteiger partial charge is 0.337 e. The van der Waals surface area contributed by atoms with Crippen LogP contribution in [0, 0.1) is 0 Å². The van der Waals surface area contributed by atoms with E-state index in [-0.39, 0.29) is 11.2 Å². The van der Waals surface area contributed by atoms with Crippen molar-refractivity contribution in [1.82, 2.24) is 19.7 Å². The fourth-order valence-corrected chi connectivity index (χ4v) is 3.93.